The van der Waals surface area contributed by atoms with Crippen molar-refractivity contribution in [1.29, 1.82) is 0 Å². The first-order valence-corrected chi connectivity index (χ1v) is 6.19. The van der Waals surface area contributed by atoms with Crippen molar-refractivity contribution in [3.8, 4) is 0 Å². The molecule has 1 fully saturated rings. The van der Waals surface area contributed by atoms with Gasteiger partial charge in [0, 0.05) is 12.1 Å². The van der Waals surface area contributed by atoms with Crippen molar-refractivity contribution < 1.29 is 18.3 Å². The van der Waals surface area contributed by atoms with Gasteiger partial charge in [-0.05, 0) is 18.7 Å². The van der Waals surface area contributed by atoms with E-state index in [0.717, 1.165) is 18.2 Å². The van der Waals surface area contributed by atoms with Crippen molar-refractivity contribution in [2.24, 2.45) is 5.92 Å². The normalized spacial score (nSPS) is 22.5. The van der Waals surface area contributed by atoms with Crippen LogP contribution in [0.15, 0.2) is 18.2 Å². The summed E-state index contributed by atoms with van der Waals surface area (Å²) in [7, 11) is 0. The molecule has 6 heteroatoms. The van der Waals surface area contributed by atoms with E-state index in [2.05, 4.69) is 10.6 Å². The average Bonchev–Trinajstić information content (AvgIpc) is 2.82. The SMILES string of the molecule is CCNC1COCC1C(=O)Nc1cc(F)ccc1F. The lowest BCUT2D eigenvalue weighted by atomic mass is 10.0. The van der Waals surface area contributed by atoms with Crippen LogP contribution in [0.2, 0.25) is 0 Å². The molecule has 2 rings (SSSR count). The van der Waals surface area contributed by atoms with E-state index in [1.54, 1.807) is 0 Å². The molecule has 1 aromatic carbocycles. The van der Waals surface area contributed by atoms with Crippen LogP contribution in [0.4, 0.5) is 14.5 Å². The second-order valence-corrected chi connectivity index (χ2v) is 4.42. The Morgan fingerprint density at radius 1 is 1.42 bits per heavy atom. The Bertz CT molecular complexity index is 468. The molecule has 0 radical (unpaired) electrons. The molecule has 1 aliphatic rings. The van der Waals surface area contributed by atoms with Crippen LogP contribution < -0.4 is 10.6 Å². The molecule has 1 heterocycles. The van der Waals surface area contributed by atoms with Crippen LogP contribution in [0.5, 0.6) is 0 Å². The van der Waals surface area contributed by atoms with Crippen molar-refractivity contribution in [1.82, 2.24) is 5.32 Å². The third-order valence-corrected chi connectivity index (χ3v) is 3.07. The molecule has 1 saturated heterocycles. The number of halogens is 2. The molecule has 1 amide bonds. The average molecular weight is 270 g/mol. The van der Waals surface area contributed by atoms with Gasteiger partial charge in [0.2, 0.25) is 5.91 Å². The molecule has 1 aromatic rings. The van der Waals surface area contributed by atoms with Gasteiger partial charge in [-0.3, -0.25) is 4.79 Å². The van der Waals surface area contributed by atoms with Gasteiger partial charge in [-0.15, -0.1) is 0 Å². The highest BCUT2D eigenvalue weighted by molar-refractivity contribution is 5.93. The summed E-state index contributed by atoms with van der Waals surface area (Å²) in [5, 5.41) is 5.54. The van der Waals surface area contributed by atoms with Crippen LogP contribution in [0.25, 0.3) is 0 Å². The number of likely N-dealkylation sites (N-methyl/N-ethyl adjacent to an activating group) is 1. The quantitative estimate of drug-likeness (QED) is 0.872. The molecule has 2 N–H and O–H groups in total. The minimum Gasteiger partial charge on any atom is -0.379 e. The van der Waals surface area contributed by atoms with Crippen LogP contribution in [-0.2, 0) is 9.53 Å². The first-order chi connectivity index (χ1) is 9.11. The molecule has 0 aromatic heterocycles. The smallest absolute Gasteiger partial charge is 0.231 e. The number of amides is 1. The molecule has 0 bridgehead atoms. The fourth-order valence-electron chi connectivity index (χ4n) is 2.09. The maximum absolute atomic E-state index is 13.4. The van der Waals surface area contributed by atoms with Crippen molar-refractivity contribution in [2.45, 2.75) is 13.0 Å². The van der Waals surface area contributed by atoms with Crippen LogP contribution in [-0.4, -0.2) is 31.7 Å². The van der Waals surface area contributed by atoms with Gasteiger partial charge in [-0.1, -0.05) is 6.92 Å². The van der Waals surface area contributed by atoms with Gasteiger partial charge >= 0.3 is 0 Å². The van der Waals surface area contributed by atoms with E-state index in [-0.39, 0.29) is 24.2 Å². The number of carbonyl (C=O) groups is 1. The highest BCUT2D eigenvalue weighted by Gasteiger charge is 2.33. The fourth-order valence-corrected chi connectivity index (χ4v) is 2.09. The van der Waals surface area contributed by atoms with Gasteiger partial charge in [-0.25, -0.2) is 8.78 Å². The molecule has 19 heavy (non-hydrogen) atoms. The highest BCUT2D eigenvalue weighted by Crippen LogP contribution is 2.19. The number of rotatable bonds is 4. The predicted octanol–water partition coefficient (Wildman–Crippen LogP) is 1.53. The summed E-state index contributed by atoms with van der Waals surface area (Å²) >= 11 is 0. The lowest BCUT2D eigenvalue weighted by Gasteiger charge is -2.18. The molecule has 0 spiro atoms. The first-order valence-electron chi connectivity index (χ1n) is 6.19. The summed E-state index contributed by atoms with van der Waals surface area (Å²) in [6, 6.07) is 2.86. The summed E-state index contributed by atoms with van der Waals surface area (Å²) in [5.41, 5.74) is -0.146. The second-order valence-electron chi connectivity index (χ2n) is 4.42. The number of hydrogen-bond donors (Lipinski definition) is 2. The van der Waals surface area contributed by atoms with Gasteiger partial charge in [0.1, 0.15) is 11.6 Å². The van der Waals surface area contributed by atoms with E-state index in [1.165, 1.54) is 0 Å². The van der Waals surface area contributed by atoms with Crippen molar-refractivity contribution in [2.75, 3.05) is 25.1 Å². The van der Waals surface area contributed by atoms with Gasteiger partial charge in [0.05, 0.1) is 24.8 Å². The van der Waals surface area contributed by atoms with Crippen LogP contribution in [0.3, 0.4) is 0 Å². The lowest BCUT2D eigenvalue weighted by molar-refractivity contribution is -0.120. The molecular formula is C13H16F2N2O2. The highest BCUT2D eigenvalue weighted by atomic mass is 19.1. The Morgan fingerprint density at radius 3 is 2.95 bits per heavy atom. The predicted molar refractivity (Wildman–Crippen MR) is 66.8 cm³/mol. The molecule has 0 saturated carbocycles. The van der Waals surface area contributed by atoms with Crippen molar-refractivity contribution in [3.63, 3.8) is 0 Å². The van der Waals surface area contributed by atoms with Crippen LogP contribution in [0, 0.1) is 17.6 Å². The molecule has 104 valence electrons. The Hall–Kier alpha value is -1.53. The minimum atomic E-state index is -0.659. The number of carbonyl (C=O) groups excluding carboxylic acids is 1. The van der Waals surface area contributed by atoms with Crippen molar-refractivity contribution >= 4 is 11.6 Å². The zero-order chi connectivity index (χ0) is 13.8. The van der Waals surface area contributed by atoms with Crippen LogP contribution in [0.1, 0.15) is 6.92 Å². The standard InChI is InChI=1S/C13H16F2N2O2/c1-2-16-12-7-19-6-9(12)13(18)17-11-5-8(14)3-4-10(11)15/h3-5,9,12,16H,2,6-7H2,1H3,(H,17,18). The summed E-state index contributed by atoms with van der Waals surface area (Å²) in [4.78, 5) is 12.0. The van der Waals surface area contributed by atoms with Gasteiger partial charge < -0.3 is 15.4 Å². The minimum absolute atomic E-state index is 0.0957. The second kappa shape index (κ2) is 6.08. The fraction of sp³-hybridized carbons (Fsp3) is 0.462. The Kier molecular flexibility index (Phi) is 4.44. The number of ether oxygens (including phenoxy) is 1. The summed E-state index contributed by atoms with van der Waals surface area (Å²) in [5.74, 6) is -2.02. The van der Waals surface area contributed by atoms with E-state index >= 15 is 0 Å². The topological polar surface area (TPSA) is 50.4 Å². The molecule has 2 atom stereocenters. The Balaban J connectivity index is 2.06. The number of nitrogens with one attached hydrogen (secondary N) is 2. The number of benzene rings is 1. The summed E-state index contributed by atoms with van der Waals surface area (Å²) in [6.07, 6.45) is 0. The zero-order valence-corrected chi connectivity index (χ0v) is 10.6. The van der Waals surface area contributed by atoms with Crippen molar-refractivity contribution in [3.05, 3.63) is 29.8 Å². The summed E-state index contributed by atoms with van der Waals surface area (Å²) in [6.45, 7) is 3.36. The Morgan fingerprint density at radius 2 is 2.21 bits per heavy atom. The number of hydrogen-bond acceptors (Lipinski definition) is 3. The maximum atomic E-state index is 13.4. The van der Waals surface area contributed by atoms with E-state index < -0.39 is 17.6 Å². The largest absolute Gasteiger partial charge is 0.379 e. The first kappa shape index (κ1) is 13.9. The van der Waals surface area contributed by atoms with Gasteiger partial charge in [0.25, 0.3) is 0 Å². The molecule has 4 nitrogen and oxygen atoms in total. The van der Waals surface area contributed by atoms with Crippen LogP contribution >= 0.6 is 0 Å². The third-order valence-electron chi connectivity index (χ3n) is 3.07. The van der Waals surface area contributed by atoms with Gasteiger partial charge in [0.15, 0.2) is 0 Å². The monoisotopic (exact) mass is 270 g/mol. The third kappa shape index (κ3) is 3.27. The molecule has 2 unspecified atom stereocenters. The number of anilines is 1. The zero-order valence-electron chi connectivity index (χ0n) is 10.6. The molecular weight excluding hydrogens is 254 g/mol. The molecule has 1 aliphatic heterocycles. The maximum Gasteiger partial charge on any atom is 0.231 e. The van der Waals surface area contributed by atoms with E-state index in [1.807, 2.05) is 6.92 Å². The van der Waals surface area contributed by atoms with E-state index in [9.17, 15) is 13.6 Å². The lowest BCUT2D eigenvalue weighted by Crippen LogP contribution is -2.41. The van der Waals surface area contributed by atoms with E-state index in [0.29, 0.717) is 13.2 Å². The molecule has 0 aliphatic carbocycles. The van der Waals surface area contributed by atoms with Gasteiger partial charge in [-0.2, -0.15) is 0 Å². The van der Waals surface area contributed by atoms with E-state index in [4.69, 9.17) is 4.74 Å². The Labute approximate surface area is 110 Å². The summed E-state index contributed by atoms with van der Waals surface area (Å²) < 4.78 is 31.7.